The second-order valence-corrected chi connectivity index (χ2v) is 8.59. The molecule has 1 N–H and O–H groups in total. The fourth-order valence-electron chi connectivity index (χ4n) is 3.70. The number of hydrogen-bond acceptors (Lipinski definition) is 5. The van der Waals surface area contributed by atoms with Crippen molar-refractivity contribution in [2.75, 3.05) is 18.5 Å². The lowest BCUT2D eigenvalue weighted by molar-refractivity contribution is -0.135. The molecule has 0 spiro atoms. The van der Waals surface area contributed by atoms with Crippen LogP contribution >= 0.6 is 22.9 Å². The Hall–Kier alpha value is -2.96. The Morgan fingerprint density at radius 2 is 1.90 bits per heavy atom. The van der Waals surface area contributed by atoms with Gasteiger partial charge in [-0.15, -0.1) is 11.3 Å². The van der Waals surface area contributed by atoms with Gasteiger partial charge in [-0.05, 0) is 47.9 Å². The molecule has 0 saturated carbocycles. The van der Waals surface area contributed by atoms with Crippen molar-refractivity contribution in [3.05, 3.63) is 88.0 Å². The lowest BCUT2D eigenvalue weighted by Gasteiger charge is -2.32. The third-order valence-corrected chi connectivity index (χ3v) is 6.53. The minimum absolute atomic E-state index is 0.115. The standard InChI is InChI=1S/C23H20ClN3O2S/c1-23(17-5-3-4-6-18(17)24,15-7-9-19-20(11-15)30-14-26-19)16-8-10-21(25-12-16)27(2)13-22(28)29/h3-12,14H,13H2,1-2H3,(H,28,29). The van der Waals surface area contributed by atoms with Gasteiger partial charge in [-0.1, -0.05) is 41.9 Å². The zero-order valence-corrected chi connectivity index (χ0v) is 18.1. The number of thiazole rings is 1. The van der Waals surface area contributed by atoms with Crippen LogP contribution in [0, 0.1) is 0 Å². The van der Waals surface area contributed by atoms with Gasteiger partial charge in [-0.2, -0.15) is 0 Å². The summed E-state index contributed by atoms with van der Waals surface area (Å²) in [7, 11) is 1.71. The SMILES string of the molecule is CN(CC(=O)O)c1ccc(C(C)(c2ccc3ncsc3c2)c2ccccc2Cl)cn1. The Bertz CT molecular complexity index is 1210. The van der Waals surface area contributed by atoms with Gasteiger partial charge in [0.15, 0.2) is 0 Å². The lowest BCUT2D eigenvalue weighted by atomic mass is 9.71. The molecule has 0 radical (unpaired) electrons. The van der Waals surface area contributed by atoms with Crippen molar-refractivity contribution in [2.24, 2.45) is 0 Å². The molecule has 7 heteroatoms. The van der Waals surface area contributed by atoms with Crippen LogP contribution in [-0.4, -0.2) is 34.6 Å². The summed E-state index contributed by atoms with van der Waals surface area (Å²) < 4.78 is 1.11. The summed E-state index contributed by atoms with van der Waals surface area (Å²) in [5, 5.41) is 9.71. The van der Waals surface area contributed by atoms with E-state index >= 15 is 0 Å². The van der Waals surface area contributed by atoms with Crippen LogP contribution in [0.2, 0.25) is 5.02 Å². The number of anilines is 1. The maximum atomic E-state index is 11.0. The molecule has 4 aromatic rings. The number of halogens is 1. The van der Waals surface area contributed by atoms with Gasteiger partial charge in [-0.3, -0.25) is 4.79 Å². The Morgan fingerprint density at radius 3 is 2.60 bits per heavy atom. The average molecular weight is 438 g/mol. The fourth-order valence-corrected chi connectivity index (χ4v) is 4.74. The van der Waals surface area contributed by atoms with Gasteiger partial charge in [0.2, 0.25) is 0 Å². The van der Waals surface area contributed by atoms with Crippen molar-refractivity contribution in [1.29, 1.82) is 0 Å². The Morgan fingerprint density at radius 1 is 1.13 bits per heavy atom. The molecule has 0 aliphatic carbocycles. The highest BCUT2D eigenvalue weighted by Gasteiger charge is 2.33. The van der Waals surface area contributed by atoms with Crippen LogP contribution in [0.3, 0.4) is 0 Å². The number of benzene rings is 2. The smallest absolute Gasteiger partial charge is 0.323 e. The molecule has 0 saturated heterocycles. The summed E-state index contributed by atoms with van der Waals surface area (Å²) in [5.74, 6) is -0.303. The minimum Gasteiger partial charge on any atom is -0.480 e. The van der Waals surface area contributed by atoms with Gasteiger partial charge in [0.25, 0.3) is 0 Å². The van der Waals surface area contributed by atoms with Crippen molar-refractivity contribution in [2.45, 2.75) is 12.3 Å². The first kappa shape index (κ1) is 20.3. The molecule has 2 aromatic heterocycles. The first-order valence-corrected chi connectivity index (χ1v) is 10.6. The zero-order valence-electron chi connectivity index (χ0n) is 16.5. The number of aliphatic carboxylic acids is 1. The van der Waals surface area contributed by atoms with Crippen LogP contribution in [0.4, 0.5) is 5.82 Å². The molecule has 2 aromatic carbocycles. The molecule has 0 amide bonds. The summed E-state index contributed by atoms with van der Waals surface area (Å²) in [6.07, 6.45) is 1.80. The second kappa shape index (κ2) is 8.05. The third kappa shape index (κ3) is 3.64. The van der Waals surface area contributed by atoms with Gasteiger partial charge >= 0.3 is 5.97 Å². The molecule has 0 aliphatic heterocycles. The summed E-state index contributed by atoms with van der Waals surface area (Å²) in [5.41, 5.74) is 5.29. The molecule has 2 heterocycles. The Balaban J connectivity index is 1.86. The molecule has 1 unspecified atom stereocenters. The fraction of sp³-hybridized carbons (Fsp3) is 0.174. The number of carbonyl (C=O) groups is 1. The predicted molar refractivity (Wildman–Crippen MR) is 122 cm³/mol. The number of nitrogens with zero attached hydrogens (tertiary/aromatic N) is 3. The molecule has 152 valence electrons. The number of fused-ring (bicyclic) bond motifs is 1. The van der Waals surface area contributed by atoms with E-state index in [9.17, 15) is 4.79 Å². The Kier molecular flexibility index (Phi) is 5.45. The second-order valence-electron chi connectivity index (χ2n) is 7.29. The third-order valence-electron chi connectivity index (χ3n) is 5.41. The molecular weight excluding hydrogens is 418 g/mol. The summed E-state index contributed by atoms with van der Waals surface area (Å²) in [4.78, 5) is 21.5. The number of likely N-dealkylation sites (N-methyl/N-ethyl adjacent to an activating group) is 1. The zero-order chi connectivity index (χ0) is 21.3. The summed E-state index contributed by atoms with van der Waals surface area (Å²) in [6, 6.07) is 17.9. The van der Waals surface area contributed by atoms with Crippen molar-refractivity contribution in [3.8, 4) is 0 Å². The molecule has 0 fully saturated rings. The number of hydrogen-bond donors (Lipinski definition) is 1. The number of pyridine rings is 1. The maximum absolute atomic E-state index is 11.0. The van der Waals surface area contributed by atoms with Crippen LogP contribution in [0.1, 0.15) is 23.6 Å². The minimum atomic E-state index is -0.901. The molecule has 5 nitrogen and oxygen atoms in total. The molecule has 30 heavy (non-hydrogen) atoms. The van der Waals surface area contributed by atoms with E-state index in [4.69, 9.17) is 16.7 Å². The van der Waals surface area contributed by atoms with Crippen LogP contribution in [0.5, 0.6) is 0 Å². The van der Waals surface area contributed by atoms with Crippen LogP contribution in [0.15, 0.2) is 66.3 Å². The van der Waals surface area contributed by atoms with E-state index < -0.39 is 11.4 Å². The van der Waals surface area contributed by atoms with E-state index in [0.29, 0.717) is 10.8 Å². The summed E-state index contributed by atoms with van der Waals surface area (Å²) >= 11 is 8.24. The monoisotopic (exact) mass is 437 g/mol. The van der Waals surface area contributed by atoms with Crippen LogP contribution in [-0.2, 0) is 10.2 Å². The lowest BCUT2D eigenvalue weighted by Crippen LogP contribution is -2.28. The van der Waals surface area contributed by atoms with E-state index in [-0.39, 0.29) is 6.54 Å². The topological polar surface area (TPSA) is 66.3 Å². The first-order chi connectivity index (χ1) is 14.4. The highest BCUT2D eigenvalue weighted by molar-refractivity contribution is 7.16. The van der Waals surface area contributed by atoms with Crippen molar-refractivity contribution < 1.29 is 9.90 Å². The largest absolute Gasteiger partial charge is 0.480 e. The van der Waals surface area contributed by atoms with Crippen molar-refractivity contribution in [1.82, 2.24) is 9.97 Å². The van der Waals surface area contributed by atoms with Gasteiger partial charge in [0.1, 0.15) is 12.4 Å². The molecular formula is C23H20ClN3O2S. The maximum Gasteiger partial charge on any atom is 0.323 e. The quantitative estimate of drug-likeness (QED) is 0.448. The number of carboxylic acid groups (broad SMARTS) is 1. The highest BCUT2D eigenvalue weighted by Crippen LogP contribution is 2.43. The molecule has 4 rings (SSSR count). The van der Waals surface area contributed by atoms with Gasteiger partial charge < -0.3 is 10.0 Å². The number of aromatic nitrogens is 2. The van der Waals surface area contributed by atoms with E-state index in [1.807, 2.05) is 48.0 Å². The normalized spacial score (nSPS) is 13.2. The Labute approximate surface area is 183 Å². The summed E-state index contributed by atoms with van der Waals surface area (Å²) in [6.45, 7) is 2.02. The van der Waals surface area contributed by atoms with E-state index in [2.05, 4.69) is 29.0 Å². The molecule has 0 aliphatic rings. The van der Waals surface area contributed by atoms with Crippen LogP contribution in [0.25, 0.3) is 10.2 Å². The van der Waals surface area contributed by atoms with Crippen molar-refractivity contribution in [3.63, 3.8) is 0 Å². The predicted octanol–water partition coefficient (Wildman–Crippen LogP) is 5.22. The molecule has 0 bridgehead atoms. The van der Waals surface area contributed by atoms with E-state index in [1.165, 1.54) is 0 Å². The van der Waals surface area contributed by atoms with Crippen LogP contribution < -0.4 is 4.90 Å². The highest BCUT2D eigenvalue weighted by atomic mass is 35.5. The van der Waals surface area contributed by atoms with Crippen molar-refractivity contribution >= 4 is 44.9 Å². The average Bonchev–Trinajstić information content (AvgIpc) is 3.21. The van der Waals surface area contributed by atoms with E-state index in [1.54, 1.807) is 29.5 Å². The van der Waals surface area contributed by atoms with E-state index in [0.717, 1.165) is 26.9 Å². The number of carboxylic acids is 1. The number of rotatable bonds is 6. The van der Waals surface area contributed by atoms with Gasteiger partial charge in [-0.25, -0.2) is 9.97 Å². The van der Waals surface area contributed by atoms with Gasteiger partial charge in [0, 0.05) is 23.7 Å². The first-order valence-electron chi connectivity index (χ1n) is 9.38. The van der Waals surface area contributed by atoms with Gasteiger partial charge in [0.05, 0.1) is 15.7 Å². The molecule has 1 atom stereocenters.